The molecular formula is C48H95N2O7P. The highest BCUT2D eigenvalue weighted by atomic mass is 31.2. The highest BCUT2D eigenvalue weighted by Gasteiger charge is 2.27. The van der Waals surface area contributed by atoms with Crippen molar-refractivity contribution in [1.82, 2.24) is 5.32 Å². The SMILES string of the molecule is CCCCCCCCCCCCCC/C=C/CC/C=C/C(O)C(COP(=O)(O)OCCN)NC(=O)CC(O)CCCCCCCCCCCCCCCCCCCC. The van der Waals surface area contributed by atoms with E-state index in [2.05, 4.69) is 31.3 Å². The van der Waals surface area contributed by atoms with Crippen LogP contribution < -0.4 is 11.1 Å². The first-order valence-corrected chi connectivity index (χ1v) is 26.0. The average Bonchev–Trinajstić information content (AvgIpc) is 3.20. The zero-order chi connectivity index (χ0) is 42.6. The number of carbonyl (C=O) groups excluding carboxylic acids is 1. The number of phosphoric ester groups is 1. The average molecular weight is 843 g/mol. The van der Waals surface area contributed by atoms with Crippen LogP contribution in [0.2, 0.25) is 0 Å². The molecule has 58 heavy (non-hydrogen) atoms. The number of hydrogen-bond acceptors (Lipinski definition) is 7. The molecule has 0 aliphatic rings. The topological polar surface area (TPSA) is 151 Å². The molecule has 0 rings (SSSR count). The van der Waals surface area contributed by atoms with E-state index in [-0.39, 0.29) is 19.6 Å². The summed E-state index contributed by atoms with van der Waals surface area (Å²) in [6, 6.07) is -0.996. The highest BCUT2D eigenvalue weighted by Crippen LogP contribution is 2.43. The Morgan fingerprint density at radius 1 is 0.586 bits per heavy atom. The molecule has 0 aliphatic heterocycles. The Kier molecular flexibility index (Phi) is 43.2. The maximum Gasteiger partial charge on any atom is 0.472 e. The van der Waals surface area contributed by atoms with Gasteiger partial charge < -0.3 is 26.2 Å². The van der Waals surface area contributed by atoms with E-state index in [0.717, 1.165) is 32.1 Å². The molecule has 1 amide bonds. The number of phosphoric acid groups is 1. The third-order valence-electron chi connectivity index (χ3n) is 11.1. The molecule has 4 unspecified atom stereocenters. The number of rotatable bonds is 46. The van der Waals surface area contributed by atoms with E-state index in [4.69, 9.17) is 14.8 Å². The summed E-state index contributed by atoms with van der Waals surface area (Å²) in [4.78, 5) is 22.8. The molecule has 0 aromatic carbocycles. The molecule has 0 heterocycles. The van der Waals surface area contributed by atoms with Gasteiger partial charge in [-0.15, -0.1) is 0 Å². The Bertz CT molecular complexity index is 982. The first-order valence-electron chi connectivity index (χ1n) is 24.5. The van der Waals surface area contributed by atoms with Gasteiger partial charge in [-0.1, -0.05) is 224 Å². The maximum absolute atomic E-state index is 12.8. The van der Waals surface area contributed by atoms with Crippen LogP contribution in [0, 0.1) is 0 Å². The number of unbranched alkanes of at least 4 members (excludes halogenated alkanes) is 30. The Labute approximate surface area is 358 Å². The van der Waals surface area contributed by atoms with E-state index in [9.17, 15) is 24.5 Å². The lowest BCUT2D eigenvalue weighted by Crippen LogP contribution is -2.46. The summed E-state index contributed by atoms with van der Waals surface area (Å²) < 4.78 is 22.1. The molecule has 0 aromatic heterocycles. The van der Waals surface area contributed by atoms with Gasteiger partial charge in [0.1, 0.15) is 0 Å². The Morgan fingerprint density at radius 3 is 1.43 bits per heavy atom. The standard InChI is InChI=1S/C48H95N2O7P/c1-3-5-7-9-11-13-15-17-19-21-23-25-27-29-31-33-35-37-39-45(51)43-48(53)50-46(44-57-58(54,55)56-42-41-49)47(52)40-38-36-34-32-30-28-26-24-22-20-18-16-14-12-10-8-6-4-2/h30,32,38,40,45-47,51-52H,3-29,31,33-37,39,41-44,49H2,1-2H3,(H,50,53)(H,54,55)/b32-30+,40-38+. The summed E-state index contributed by atoms with van der Waals surface area (Å²) in [6.07, 6.45) is 48.4. The molecule has 344 valence electrons. The van der Waals surface area contributed by atoms with Gasteiger partial charge in [0.15, 0.2) is 0 Å². The fourth-order valence-corrected chi connectivity index (χ4v) is 8.13. The van der Waals surface area contributed by atoms with E-state index >= 15 is 0 Å². The van der Waals surface area contributed by atoms with Crippen molar-refractivity contribution in [1.29, 1.82) is 0 Å². The van der Waals surface area contributed by atoms with Gasteiger partial charge in [-0.05, 0) is 32.1 Å². The van der Waals surface area contributed by atoms with Crippen LogP contribution in [0.15, 0.2) is 24.3 Å². The smallest absolute Gasteiger partial charge is 0.393 e. The minimum Gasteiger partial charge on any atom is -0.393 e. The van der Waals surface area contributed by atoms with Gasteiger partial charge >= 0.3 is 7.82 Å². The van der Waals surface area contributed by atoms with Crippen LogP contribution in [-0.4, -0.2) is 59.0 Å². The number of carbonyl (C=O) groups is 1. The molecule has 0 radical (unpaired) electrons. The predicted molar refractivity (Wildman–Crippen MR) is 246 cm³/mol. The van der Waals surface area contributed by atoms with Gasteiger partial charge in [0.25, 0.3) is 0 Å². The van der Waals surface area contributed by atoms with Gasteiger partial charge in [-0.3, -0.25) is 13.8 Å². The van der Waals surface area contributed by atoms with Gasteiger partial charge in [0, 0.05) is 6.54 Å². The lowest BCUT2D eigenvalue weighted by Gasteiger charge is -2.24. The number of aliphatic hydroxyl groups excluding tert-OH is 2. The summed E-state index contributed by atoms with van der Waals surface area (Å²) in [5, 5.41) is 24.1. The number of nitrogens with two attached hydrogens (primary N) is 1. The second-order valence-electron chi connectivity index (χ2n) is 16.9. The van der Waals surface area contributed by atoms with Crippen LogP contribution in [0.1, 0.15) is 239 Å². The Hall–Kier alpha value is -1.06. The molecule has 0 aliphatic carbocycles. The molecular weight excluding hydrogens is 748 g/mol. The predicted octanol–water partition coefficient (Wildman–Crippen LogP) is 13.1. The highest BCUT2D eigenvalue weighted by molar-refractivity contribution is 7.47. The van der Waals surface area contributed by atoms with Crippen molar-refractivity contribution in [3.8, 4) is 0 Å². The Balaban J connectivity index is 4.26. The van der Waals surface area contributed by atoms with Crippen LogP contribution in [0.3, 0.4) is 0 Å². The van der Waals surface area contributed by atoms with Gasteiger partial charge in [-0.25, -0.2) is 4.57 Å². The third-order valence-corrected chi connectivity index (χ3v) is 12.1. The first kappa shape index (κ1) is 56.9. The second-order valence-corrected chi connectivity index (χ2v) is 18.3. The third kappa shape index (κ3) is 41.7. The largest absolute Gasteiger partial charge is 0.472 e. The summed E-state index contributed by atoms with van der Waals surface area (Å²) in [5.74, 6) is -0.452. The number of hydrogen-bond donors (Lipinski definition) is 5. The molecule has 0 saturated carbocycles. The molecule has 9 nitrogen and oxygen atoms in total. The van der Waals surface area contributed by atoms with Crippen molar-refractivity contribution in [2.75, 3.05) is 19.8 Å². The number of nitrogens with one attached hydrogen (secondary N) is 1. The van der Waals surface area contributed by atoms with E-state index in [1.54, 1.807) is 6.08 Å². The van der Waals surface area contributed by atoms with Crippen molar-refractivity contribution in [3.05, 3.63) is 24.3 Å². The van der Waals surface area contributed by atoms with E-state index in [1.165, 1.54) is 173 Å². The van der Waals surface area contributed by atoms with Crippen molar-refractivity contribution in [2.24, 2.45) is 5.73 Å². The number of allylic oxidation sites excluding steroid dienone is 3. The summed E-state index contributed by atoms with van der Waals surface area (Å²) in [7, 11) is -4.41. The van der Waals surface area contributed by atoms with E-state index in [0.29, 0.717) is 12.8 Å². The normalized spacial score (nSPS) is 14.7. The fraction of sp³-hybridized carbons (Fsp3) is 0.896. The lowest BCUT2D eigenvalue weighted by atomic mass is 10.0. The molecule has 0 bridgehead atoms. The summed E-state index contributed by atoms with van der Waals surface area (Å²) in [5.41, 5.74) is 5.37. The first-order chi connectivity index (χ1) is 28.3. The van der Waals surface area contributed by atoms with Crippen molar-refractivity contribution in [2.45, 2.75) is 257 Å². The van der Waals surface area contributed by atoms with Gasteiger partial charge in [0.05, 0.1) is 37.9 Å². The van der Waals surface area contributed by atoms with Crippen LogP contribution >= 0.6 is 7.82 Å². The summed E-state index contributed by atoms with van der Waals surface area (Å²) >= 11 is 0. The van der Waals surface area contributed by atoms with E-state index < -0.39 is 38.6 Å². The van der Waals surface area contributed by atoms with Crippen molar-refractivity contribution < 1.29 is 33.5 Å². The quantitative estimate of drug-likeness (QED) is 0.0231. The Morgan fingerprint density at radius 2 is 0.983 bits per heavy atom. The monoisotopic (exact) mass is 843 g/mol. The summed E-state index contributed by atoms with van der Waals surface area (Å²) in [6.45, 7) is 3.98. The van der Waals surface area contributed by atoms with Crippen molar-refractivity contribution >= 4 is 13.7 Å². The van der Waals surface area contributed by atoms with Crippen molar-refractivity contribution in [3.63, 3.8) is 0 Å². The molecule has 0 fully saturated rings. The maximum atomic E-state index is 12.8. The number of aliphatic hydroxyl groups is 2. The van der Waals surface area contributed by atoms with Gasteiger partial charge in [0.2, 0.25) is 5.91 Å². The zero-order valence-electron chi connectivity index (χ0n) is 37.9. The molecule has 10 heteroatoms. The van der Waals surface area contributed by atoms with Gasteiger partial charge in [-0.2, -0.15) is 0 Å². The molecule has 0 spiro atoms. The van der Waals surface area contributed by atoms with Crippen LogP contribution in [0.4, 0.5) is 0 Å². The van der Waals surface area contributed by atoms with Crippen LogP contribution in [-0.2, 0) is 18.4 Å². The van der Waals surface area contributed by atoms with Crippen LogP contribution in [0.25, 0.3) is 0 Å². The molecule has 0 aromatic rings. The fourth-order valence-electron chi connectivity index (χ4n) is 7.37. The zero-order valence-corrected chi connectivity index (χ0v) is 38.8. The minimum atomic E-state index is -4.41. The lowest BCUT2D eigenvalue weighted by molar-refractivity contribution is -0.124. The van der Waals surface area contributed by atoms with E-state index in [1.807, 2.05) is 6.08 Å². The number of amides is 1. The molecule has 6 N–H and O–H groups in total. The minimum absolute atomic E-state index is 0.0462. The second kappa shape index (κ2) is 44.0. The van der Waals surface area contributed by atoms with Crippen LogP contribution in [0.5, 0.6) is 0 Å². The molecule has 0 saturated heterocycles. The molecule has 4 atom stereocenters.